The monoisotopic (exact) mass is 319 g/mol. The zero-order chi connectivity index (χ0) is 13.5. The van der Waals surface area contributed by atoms with E-state index in [0.29, 0.717) is 5.82 Å². The number of rotatable bonds is 2. The van der Waals surface area contributed by atoms with Gasteiger partial charge < -0.3 is 5.73 Å². The summed E-state index contributed by atoms with van der Waals surface area (Å²) in [5, 5.41) is 9.41. The lowest BCUT2D eigenvalue weighted by molar-refractivity contribution is 1.10. The Labute approximate surface area is 129 Å². The Hall–Kier alpha value is -1.24. The lowest BCUT2D eigenvalue weighted by atomic mass is 10.1. The highest BCUT2D eigenvalue weighted by atomic mass is 32.2. The molecular weight excluding hydrogens is 306 g/mol. The second kappa shape index (κ2) is 4.95. The van der Waals surface area contributed by atoms with E-state index in [1.165, 1.54) is 32.4 Å². The molecule has 6 heteroatoms. The molecule has 0 saturated heterocycles. The molecule has 0 spiro atoms. The van der Waals surface area contributed by atoms with Crippen LogP contribution < -0.4 is 5.73 Å². The number of H-pyrrole nitrogens is 1. The summed E-state index contributed by atoms with van der Waals surface area (Å²) in [4.78, 5) is 3.95. The topological polar surface area (TPSA) is 54.7 Å². The SMILES string of the molecule is Nc1n[nH]c(-c2cc3c(s2)CCSC3)c1-c1cccs1. The molecule has 3 nitrogen and oxygen atoms in total. The number of nitrogens with zero attached hydrogens (tertiary/aromatic N) is 1. The van der Waals surface area contributed by atoms with Gasteiger partial charge in [0, 0.05) is 15.5 Å². The van der Waals surface area contributed by atoms with Crippen molar-refractivity contribution < 1.29 is 0 Å². The van der Waals surface area contributed by atoms with Gasteiger partial charge in [0.05, 0.1) is 16.1 Å². The maximum atomic E-state index is 6.06. The van der Waals surface area contributed by atoms with Crippen molar-refractivity contribution in [1.29, 1.82) is 0 Å². The molecular formula is C14H13N3S3. The van der Waals surface area contributed by atoms with Crippen LogP contribution in [0.25, 0.3) is 21.0 Å². The standard InChI is InChI=1S/C14H13N3S3/c15-14-12(10-2-1-4-19-10)13(16-17-14)11-6-8-7-18-5-3-9(8)20-11/h1-2,4,6H,3,5,7H2,(H3,15,16,17). The van der Waals surface area contributed by atoms with Crippen molar-refractivity contribution in [2.45, 2.75) is 12.2 Å². The number of aryl methyl sites for hydroxylation is 1. The minimum absolute atomic E-state index is 0.586. The second-order valence-corrected chi connectivity index (χ2v) is 7.89. The van der Waals surface area contributed by atoms with Gasteiger partial charge in [0.1, 0.15) is 0 Å². The zero-order valence-electron chi connectivity index (χ0n) is 10.7. The van der Waals surface area contributed by atoms with Crippen LogP contribution in [0.3, 0.4) is 0 Å². The van der Waals surface area contributed by atoms with E-state index in [0.717, 1.165) is 17.0 Å². The van der Waals surface area contributed by atoms with Gasteiger partial charge >= 0.3 is 0 Å². The van der Waals surface area contributed by atoms with Gasteiger partial charge in [0.2, 0.25) is 0 Å². The predicted octanol–water partition coefficient (Wildman–Crippen LogP) is 4.24. The third-order valence-electron chi connectivity index (χ3n) is 3.44. The number of hydrogen-bond acceptors (Lipinski definition) is 5. The molecule has 1 aliphatic heterocycles. The van der Waals surface area contributed by atoms with E-state index in [2.05, 4.69) is 27.7 Å². The molecule has 0 unspecified atom stereocenters. The maximum Gasteiger partial charge on any atom is 0.154 e. The average molecular weight is 319 g/mol. The third kappa shape index (κ3) is 1.99. The van der Waals surface area contributed by atoms with Crippen molar-refractivity contribution in [2.75, 3.05) is 11.5 Å². The van der Waals surface area contributed by atoms with Gasteiger partial charge in [0.15, 0.2) is 5.82 Å². The Morgan fingerprint density at radius 1 is 1.30 bits per heavy atom. The Kier molecular flexibility index (Phi) is 3.09. The lowest BCUT2D eigenvalue weighted by Crippen LogP contribution is -1.96. The fourth-order valence-electron chi connectivity index (χ4n) is 2.47. The summed E-state index contributed by atoms with van der Waals surface area (Å²) in [5.74, 6) is 2.95. The summed E-state index contributed by atoms with van der Waals surface area (Å²) in [6.07, 6.45) is 1.18. The minimum atomic E-state index is 0.586. The van der Waals surface area contributed by atoms with Crippen LogP contribution in [0.4, 0.5) is 5.82 Å². The van der Waals surface area contributed by atoms with Crippen molar-refractivity contribution in [2.24, 2.45) is 0 Å². The first-order chi connectivity index (χ1) is 9.83. The smallest absolute Gasteiger partial charge is 0.154 e. The molecule has 20 heavy (non-hydrogen) atoms. The molecule has 0 bridgehead atoms. The summed E-state index contributed by atoms with van der Waals surface area (Å²) >= 11 is 5.59. The number of aromatic amines is 1. The molecule has 0 aliphatic carbocycles. The highest BCUT2D eigenvalue weighted by Crippen LogP contribution is 2.42. The van der Waals surface area contributed by atoms with E-state index in [4.69, 9.17) is 5.73 Å². The van der Waals surface area contributed by atoms with E-state index in [-0.39, 0.29) is 0 Å². The van der Waals surface area contributed by atoms with Gasteiger partial charge in [-0.1, -0.05) is 6.07 Å². The highest BCUT2D eigenvalue weighted by Gasteiger charge is 2.20. The Bertz CT molecular complexity index is 716. The van der Waals surface area contributed by atoms with Gasteiger partial charge in [-0.05, 0) is 35.2 Å². The van der Waals surface area contributed by atoms with Crippen LogP contribution in [0.1, 0.15) is 10.4 Å². The van der Waals surface area contributed by atoms with E-state index >= 15 is 0 Å². The van der Waals surface area contributed by atoms with Crippen molar-refractivity contribution in [3.8, 4) is 21.0 Å². The number of thioether (sulfide) groups is 1. The Morgan fingerprint density at radius 2 is 2.25 bits per heavy atom. The van der Waals surface area contributed by atoms with Gasteiger partial charge in [-0.25, -0.2) is 0 Å². The molecule has 102 valence electrons. The summed E-state index contributed by atoms with van der Waals surface area (Å²) in [7, 11) is 0. The van der Waals surface area contributed by atoms with Gasteiger partial charge in [-0.15, -0.1) is 22.7 Å². The van der Waals surface area contributed by atoms with Crippen LogP contribution in [0.2, 0.25) is 0 Å². The molecule has 3 aromatic heterocycles. The normalized spacial score (nSPS) is 14.4. The molecule has 0 atom stereocenters. The van der Waals surface area contributed by atoms with E-state index in [9.17, 15) is 0 Å². The molecule has 0 aromatic carbocycles. The summed E-state index contributed by atoms with van der Waals surface area (Å²) in [5.41, 5.74) is 9.65. The fourth-order valence-corrected chi connectivity index (χ4v) is 5.63. The fraction of sp³-hybridized carbons (Fsp3) is 0.214. The quantitative estimate of drug-likeness (QED) is 0.743. The third-order valence-corrected chi connectivity index (χ3v) is 6.59. The van der Waals surface area contributed by atoms with Crippen LogP contribution in [0, 0.1) is 0 Å². The second-order valence-electron chi connectivity index (χ2n) is 4.70. The predicted molar refractivity (Wildman–Crippen MR) is 89.5 cm³/mol. The van der Waals surface area contributed by atoms with Crippen LogP contribution in [0.15, 0.2) is 23.6 Å². The van der Waals surface area contributed by atoms with Gasteiger partial charge in [0.25, 0.3) is 0 Å². The minimum Gasteiger partial charge on any atom is -0.382 e. The van der Waals surface area contributed by atoms with E-state index in [1.807, 2.05) is 29.2 Å². The molecule has 1 aliphatic rings. The molecule has 3 N–H and O–H groups in total. The van der Waals surface area contributed by atoms with Gasteiger partial charge in [-0.2, -0.15) is 16.9 Å². The van der Waals surface area contributed by atoms with Crippen LogP contribution in [0.5, 0.6) is 0 Å². The number of fused-ring (bicyclic) bond motifs is 1. The highest BCUT2D eigenvalue weighted by molar-refractivity contribution is 7.98. The number of hydrogen-bond donors (Lipinski definition) is 2. The number of nitrogens with two attached hydrogens (primary N) is 1. The summed E-state index contributed by atoms with van der Waals surface area (Å²) in [6.45, 7) is 0. The van der Waals surface area contributed by atoms with Crippen molar-refractivity contribution >= 4 is 40.3 Å². The van der Waals surface area contributed by atoms with Crippen LogP contribution in [-0.4, -0.2) is 16.0 Å². The van der Waals surface area contributed by atoms with Crippen molar-refractivity contribution in [1.82, 2.24) is 10.2 Å². The van der Waals surface area contributed by atoms with Crippen molar-refractivity contribution in [3.63, 3.8) is 0 Å². The molecule has 0 saturated carbocycles. The first-order valence-electron chi connectivity index (χ1n) is 6.40. The molecule has 3 aromatic rings. The number of aromatic nitrogens is 2. The summed E-state index contributed by atoms with van der Waals surface area (Å²) in [6, 6.07) is 6.45. The Balaban J connectivity index is 1.85. The molecule has 4 heterocycles. The zero-order valence-corrected chi connectivity index (χ0v) is 13.1. The first-order valence-corrected chi connectivity index (χ1v) is 9.25. The van der Waals surface area contributed by atoms with E-state index in [1.54, 1.807) is 11.3 Å². The molecule has 0 fully saturated rings. The average Bonchev–Trinajstić information content (AvgIpc) is 3.16. The first kappa shape index (κ1) is 12.5. The molecule has 0 amide bonds. The molecule has 4 rings (SSSR count). The van der Waals surface area contributed by atoms with Crippen LogP contribution in [-0.2, 0) is 12.2 Å². The number of thiophene rings is 2. The summed E-state index contributed by atoms with van der Waals surface area (Å²) < 4.78 is 0. The number of nitrogen functional groups attached to an aromatic ring is 1. The number of nitrogens with one attached hydrogen (secondary N) is 1. The Morgan fingerprint density at radius 3 is 3.05 bits per heavy atom. The largest absolute Gasteiger partial charge is 0.382 e. The van der Waals surface area contributed by atoms with Gasteiger partial charge in [-0.3, -0.25) is 5.10 Å². The molecule has 0 radical (unpaired) electrons. The lowest BCUT2D eigenvalue weighted by Gasteiger charge is -2.08. The van der Waals surface area contributed by atoms with E-state index < -0.39 is 0 Å². The van der Waals surface area contributed by atoms with Crippen LogP contribution >= 0.6 is 34.4 Å². The maximum absolute atomic E-state index is 6.06. The van der Waals surface area contributed by atoms with Crippen molar-refractivity contribution in [3.05, 3.63) is 34.0 Å². The number of anilines is 1.